The molecule has 0 saturated carbocycles. The number of benzene rings is 1. The van der Waals surface area contributed by atoms with Crippen LogP contribution >= 0.6 is 0 Å². The number of nitrogens with zero attached hydrogens (tertiary/aromatic N) is 2. The molecule has 0 aliphatic carbocycles. The number of ether oxygens (including phenoxy) is 1. The van der Waals surface area contributed by atoms with E-state index in [0.29, 0.717) is 11.3 Å². The summed E-state index contributed by atoms with van der Waals surface area (Å²) >= 11 is 0. The predicted molar refractivity (Wildman–Crippen MR) is 72.8 cm³/mol. The normalized spacial score (nSPS) is 26.1. The minimum absolute atomic E-state index is 0.605. The second kappa shape index (κ2) is 5.20. The van der Waals surface area contributed by atoms with Crippen LogP contribution in [0.5, 0.6) is 5.75 Å². The maximum Gasteiger partial charge on any atom is 0.136 e. The van der Waals surface area contributed by atoms with E-state index in [1.54, 1.807) is 7.11 Å². The van der Waals surface area contributed by atoms with E-state index in [9.17, 15) is 0 Å². The fraction of sp³-hybridized carbons (Fsp3) is 0.533. The van der Waals surface area contributed by atoms with Gasteiger partial charge >= 0.3 is 0 Å². The van der Waals surface area contributed by atoms with Crippen molar-refractivity contribution in [1.82, 2.24) is 10.2 Å². The number of nitriles is 1. The fourth-order valence-electron chi connectivity index (χ4n) is 3.27. The third-order valence-corrected chi connectivity index (χ3v) is 4.26. The third kappa shape index (κ3) is 2.44. The smallest absolute Gasteiger partial charge is 0.136 e. The molecular formula is C15H19N3O. The van der Waals surface area contributed by atoms with E-state index >= 15 is 0 Å². The molecule has 19 heavy (non-hydrogen) atoms. The molecule has 2 aliphatic rings. The highest BCUT2D eigenvalue weighted by Crippen LogP contribution is 2.28. The topological polar surface area (TPSA) is 48.3 Å². The Morgan fingerprint density at radius 1 is 1.37 bits per heavy atom. The Bertz CT molecular complexity index is 497. The van der Waals surface area contributed by atoms with Gasteiger partial charge in [0.05, 0.1) is 12.7 Å². The summed E-state index contributed by atoms with van der Waals surface area (Å²) in [5.41, 5.74) is 1.83. The number of hydrogen-bond acceptors (Lipinski definition) is 4. The first-order valence-corrected chi connectivity index (χ1v) is 6.80. The van der Waals surface area contributed by atoms with Crippen molar-refractivity contribution in [3.8, 4) is 11.8 Å². The molecule has 2 aliphatic heterocycles. The average Bonchev–Trinajstić information content (AvgIpc) is 2.99. The van der Waals surface area contributed by atoms with Crippen LogP contribution in [0.1, 0.15) is 11.1 Å². The SMILES string of the molecule is COc1cc(CN2C[C@H]3CNC[C@H]3C2)ccc1C#N. The highest BCUT2D eigenvalue weighted by molar-refractivity contribution is 5.45. The van der Waals surface area contributed by atoms with Crippen LogP contribution in [0, 0.1) is 23.2 Å². The van der Waals surface area contributed by atoms with E-state index < -0.39 is 0 Å². The van der Waals surface area contributed by atoms with Gasteiger partial charge < -0.3 is 10.1 Å². The zero-order chi connectivity index (χ0) is 13.2. The van der Waals surface area contributed by atoms with Gasteiger partial charge in [-0.1, -0.05) is 6.07 Å². The van der Waals surface area contributed by atoms with Crippen molar-refractivity contribution in [3.05, 3.63) is 29.3 Å². The fourth-order valence-corrected chi connectivity index (χ4v) is 3.27. The van der Waals surface area contributed by atoms with Gasteiger partial charge in [0.15, 0.2) is 0 Å². The maximum absolute atomic E-state index is 8.99. The highest BCUT2D eigenvalue weighted by atomic mass is 16.5. The minimum Gasteiger partial charge on any atom is -0.495 e. The molecule has 0 bridgehead atoms. The van der Waals surface area contributed by atoms with Crippen LogP contribution in [0.4, 0.5) is 0 Å². The van der Waals surface area contributed by atoms with Crippen molar-refractivity contribution < 1.29 is 4.74 Å². The van der Waals surface area contributed by atoms with E-state index in [1.807, 2.05) is 18.2 Å². The van der Waals surface area contributed by atoms with Gasteiger partial charge in [-0.05, 0) is 42.6 Å². The predicted octanol–water partition coefficient (Wildman–Crippen LogP) is 1.22. The molecule has 2 fully saturated rings. The van der Waals surface area contributed by atoms with Crippen LogP contribution in [0.2, 0.25) is 0 Å². The number of nitrogens with one attached hydrogen (secondary N) is 1. The first-order valence-electron chi connectivity index (χ1n) is 6.80. The van der Waals surface area contributed by atoms with Crippen molar-refractivity contribution in [2.45, 2.75) is 6.54 Å². The zero-order valence-electron chi connectivity index (χ0n) is 11.2. The Balaban J connectivity index is 1.69. The molecule has 2 heterocycles. The summed E-state index contributed by atoms with van der Waals surface area (Å²) in [7, 11) is 1.62. The van der Waals surface area contributed by atoms with Crippen LogP contribution in [-0.4, -0.2) is 38.2 Å². The average molecular weight is 257 g/mol. The van der Waals surface area contributed by atoms with Crippen molar-refractivity contribution in [3.63, 3.8) is 0 Å². The third-order valence-electron chi connectivity index (χ3n) is 4.26. The second-order valence-corrected chi connectivity index (χ2v) is 5.52. The Morgan fingerprint density at radius 3 is 2.74 bits per heavy atom. The molecule has 0 radical (unpaired) electrons. The van der Waals surface area contributed by atoms with Gasteiger partial charge in [-0.15, -0.1) is 0 Å². The van der Waals surface area contributed by atoms with Crippen LogP contribution in [0.3, 0.4) is 0 Å². The number of methoxy groups -OCH3 is 1. The highest BCUT2D eigenvalue weighted by Gasteiger charge is 2.35. The van der Waals surface area contributed by atoms with Crippen molar-refractivity contribution in [2.24, 2.45) is 11.8 Å². The summed E-state index contributed by atoms with van der Waals surface area (Å²) in [5.74, 6) is 2.32. The molecule has 0 amide bonds. The van der Waals surface area contributed by atoms with Crippen LogP contribution in [0.15, 0.2) is 18.2 Å². The molecule has 0 unspecified atom stereocenters. The summed E-state index contributed by atoms with van der Waals surface area (Å²) in [5, 5.41) is 12.4. The van der Waals surface area contributed by atoms with Gasteiger partial charge in [-0.2, -0.15) is 5.26 Å². The lowest BCUT2D eigenvalue weighted by Crippen LogP contribution is -2.25. The summed E-state index contributed by atoms with van der Waals surface area (Å²) in [6.45, 7) is 5.64. The lowest BCUT2D eigenvalue weighted by Gasteiger charge is -2.17. The van der Waals surface area contributed by atoms with Gasteiger partial charge in [0.25, 0.3) is 0 Å². The number of hydrogen-bond donors (Lipinski definition) is 1. The minimum atomic E-state index is 0.605. The Kier molecular flexibility index (Phi) is 3.41. The van der Waals surface area contributed by atoms with E-state index in [1.165, 1.54) is 18.7 Å². The van der Waals surface area contributed by atoms with Gasteiger partial charge in [0.2, 0.25) is 0 Å². The zero-order valence-corrected chi connectivity index (χ0v) is 11.2. The monoisotopic (exact) mass is 257 g/mol. The summed E-state index contributed by atoms with van der Waals surface area (Å²) < 4.78 is 5.26. The molecule has 1 N–H and O–H groups in total. The molecule has 3 rings (SSSR count). The van der Waals surface area contributed by atoms with Gasteiger partial charge in [0.1, 0.15) is 11.8 Å². The standard InChI is InChI=1S/C15H19N3O/c1-19-15-4-11(2-3-12(15)5-16)8-18-9-13-6-17-7-14(13)10-18/h2-4,13-14,17H,6-10H2,1H3/t13-,14+. The molecule has 2 atom stereocenters. The molecule has 1 aromatic carbocycles. The van der Waals surface area contributed by atoms with Crippen molar-refractivity contribution >= 4 is 0 Å². The molecule has 0 spiro atoms. The maximum atomic E-state index is 8.99. The molecule has 0 aromatic heterocycles. The van der Waals surface area contributed by atoms with Crippen molar-refractivity contribution in [1.29, 1.82) is 5.26 Å². The Morgan fingerprint density at radius 2 is 2.11 bits per heavy atom. The van der Waals surface area contributed by atoms with Crippen LogP contribution in [0.25, 0.3) is 0 Å². The van der Waals surface area contributed by atoms with Crippen LogP contribution in [-0.2, 0) is 6.54 Å². The number of fused-ring (bicyclic) bond motifs is 1. The van der Waals surface area contributed by atoms with Gasteiger partial charge in [0, 0.05) is 19.6 Å². The molecule has 1 aromatic rings. The molecule has 2 saturated heterocycles. The quantitative estimate of drug-likeness (QED) is 0.884. The van der Waals surface area contributed by atoms with E-state index in [4.69, 9.17) is 10.00 Å². The lowest BCUT2D eigenvalue weighted by atomic mass is 10.0. The van der Waals surface area contributed by atoms with Crippen LogP contribution < -0.4 is 10.1 Å². The number of likely N-dealkylation sites (tertiary alicyclic amines) is 1. The Labute approximate surface area is 114 Å². The second-order valence-electron chi connectivity index (χ2n) is 5.52. The summed E-state index contributed by atoms with van der Waals surface area (Å²) in [6.07, 6.45) is 0. The summed E-state index contributed by atoms with van der Waals surface area (Å²) in [6, 6.07) is 8.03. The summed E-state index contributed by atoms with van der Waals surface area (Å²) in [4.78, 5) is 2.51. The van der Waals surface area contributed by atoms with E-state index in [0.717, 1.165) is 31.5 Å². The van der Waals surface area contributed by atoms with Crippen molar-refractivity contribution in [2.75, 3.05) is 33.3 Å². The van der Waals surface area contributed by atoms with Gasteiger partial charge in [-0.25, -0.2) is 0 Å². The first kappa shape index (κ1) is 12.5. The number of rotatable bonds is 3. The molecule has 4 heteroatoms. The van der Waals surface area contributed by atoms with Gasteiger partial charge in [-0.3, -0.25) is 4.90 Å². The Hall–Kier alpha value is -1.57. The van der Waals surface area contributed by atoms with E-state index in [2.05, 4.69) is 16.3 Å². The first-order chi connectivity index (χ1) is 9.30. The molecule has 100 valence electrons. The largest absolute Gasteiger partial charge is 0.495 e. The lowest BCUT2D eigenvalue weighted by molar-refractivity contribution is 0.305. The molecular weight excluding hydrogens is 238 g/mol. The van der Waals surface area contributed by atoms with E-state index in [-0.39, 0.29) is 0 Å². The molecule has 4 nitrogen and oxygen atoms in total.